The molecule has 0 saturated carbocycles. The smallest absolute Gasteiger partial charge is 0.335 e. The fraction of sp³-hybridized carbons (Fsp3) is 0.190. The van der Waals surface area contributed by atoms with Crippen LogP contribution in [0.4, 0.5) is 10.5 Å². The van der Waals surface area contributed by atoms with Gasteiger partial charge in [0, 0.05) is 0 Å². The number of nitrogens with one attached hydrogen (secondary N) is 1. The maximum absolute atomic E-state index is 12.9. The highest BCUT2D eigenvalue weighted by atomic mass is 16.5. The molecule has 138 valence electrons. The summed E-state index contributed by atoms with van der Waals surface area (Å²) in [4.78, 5) is 38.3. The Hall–Kier alpha value is -3.41. The number of rotatable bonds is 4. The molecule has 0 atom stereocenters. The van der Waals surface area contributed by atoms with Gasteiger partial charge in [0.05, 0.1) is 12.8 Å². The van der Waals surface area contributed by atoms with Crippen LogP contribution in [0.3, 0.4) is 0 Å². The molecule has 4 amide bonds. The first kappa shape index (κ1) is 18.4. The van der Waals surface area contributed by atoms with Crippen molar-refractivity contribution in [2.45, 2.75) is 19.8 Å². The van der Waals surface area contributed by atoms with Crippen LogP contribution in [-0.2, 0) is 9.59 Å². The summed E-state index contributed by atoms with van der Waals surface area (Å²) < 4.78 is 5.16. The Labute approximate surface area is 157 Å². The van der Waals surface area contributed by atoms with E-state index in [-0.39, 0.29) is 5.57 Å². The van der Waals surface area contributed by atoms with E-state index >= 15 is 0 Å². The van der Waals surface area contributed by atoms with Gasteiger partial charge in [-0.15, -0.1) is 0 Å². The highest BCUT2D eigenvalue weighted by molar-refractivity contribution is 6.39. The number of hydrogen-bond donors (Lipinski definition) is 1. The van der Waals surface area contributed by atoms with Gasteiger partial charge in [0.2, 0.25) is 0 Å². The highest BCUT2D eigenvalue weighted by Crippen LogP contribution is 2.25. The molecule has 2 aromatic rings. The molecule has 0 aromatic heterocycles. The number of methoxy groups -OCH3 is 1. The number of nitrogens with zero attached hydrogens (tertiary/aromatic N) is 1. The van der Waals surface area contributed by atoms with Crippen molar-refractivity contribution in [2.75, 3.05) is 12.0 Å². The van der Waals surface area contributed by atoms with Crippen molar-refractivity contribution in [3.63, 3.8) is 0 Å². The Morgan fingerprint density at radius 3 is 2.37 bits per heavy atom. The number of imide groups is 2. The fourth-order valence-corrected chi connectivity index (χ4v) is 2.80. The largest absolute Gasteiger partial charge is 0.497 e. The van der Waals surface area contributed by atoms with Crippen molar-refractivity contribution in [1.82, 2.24) is 5.32 Å². The number of anilines is 1. The summed E-state index contributed by atoms with van der Waals surface area (Å²) in [7, 11) is 1.53. The molecular weight excluding hydrogens is 344 g/mol. The maximum atomic E-state index is 12.9. The molecule has 1 fully saturated rings. The second-order valence-corrected chi connectivity index (χ2v) is 6.48. The lowest BCUT2D eigenvalue weighted by atomic mass is 10.0. The number of benzene rings is 2. The first-order chi connectivity index (χ1) is 12.9. The number of carbonyl (C=O) groups excluding carboxylic acids is 3. The Balaban J connectivity index is 1.97. The normalized spacial score (nSPS) is 16.1. The molecule has 6 heteroatoms. The number of ether oxygens (including phenoxy) is 1. The molecule has 0 aliphatic carbocycles. The van der Waals surface area contributed by atoms with Crippen LogP contribution in [-0.4, -0.2) is 25.0 Å². The third kappa shape index (κ3) is 3.74. The van der Waals surface area contributed by atoms with Crippen LogP contribution in [0.25, 0.3) is 6.08 Å². The lowest BCUT2D eigenvalue weighted by Crippen LogP contribution is -2.54. The molecule has 0 radical (unpaired) electrons. The first-order valence-corrected chi connectivity index (χ1v) is 8.56. The molecule has 6 nitrogen and oxygen atoms in total. The van der Waals surface area contributed by atoms with Crippen molar-refractivity contribution < 1.29 is 19.1 Å². The second kappa shape index (κ2) is 7.45. The molecule has 1 aliphatic heterocycles. The van der Waals surface area contributed by atoms with Crippen LogP contribution < -0.4 is 15.0 Å². The van der Waals surface area contributed by atoms with E-state index in [4.69, 9.17) is 4.74 Å². The summed E-state index contributed by atoms with van der Waals surface area (Å²) in [6, 6.07) is 13.3. The maximum Gasteiger partial charge on any atom is 0.335 e. The number of barbiturate groups is 1. The van der Waals surface area contributed by atoms with Crippen LogP contribution in [0, 0.1) is 0 Å². The van der Waals surface area contributed by atoms with Gasteiger partial charge in [-0.05, 0) is 47.4 Å². The zero-order valence-electron chi connectivity index (χ0n) is 15.4. The molecule has 1 aliphatic rings. The second-order valence-electron chi connectivity index (χ2n) is 6.48. The number of amides is 4. The van der Waals surface area contributed by atoms with Gasteiger partial charge < -0.3 is 4.74 Å². The number of urea groups is 1. The standard InChI is InChI=1S/C21H20N2O4/c1-13(2)15-7-9-16(10-8-15)23-20(25)18(19(24)22-21(23)26)12-14-5-4-6-17(11-14)27-3/h4-13H,1-3H3,(H,22,24,26)/b18-12+. The van der Waals surface area contributed by atoms with Crippen molar-refractivity contribution >= 4 is 29.6 Å². The number of hydrogen-bond acceptors (Lipinski definition) is 4. The van der Waals surface area contributed by atoms with Crippen LogP contribution in [0.5, 0.6) is 5.75 Å². The molecule has 1 N–H and O–H groups in total. The van der Waals surface area contributed by atoms with Crippen LogP contribution in [0.2, 0.25) is 0 Å². The monoisotopic (exact) mass is 364 g/mol. The van der Waals surface area contributed by atoms with Gasteiger partial charge in [0.25, 0.3) is 11.8 Å². The predicted molar refractivity (Wildman–Crippen MR) is 103 cm³/mol. The van der Waals surface area contributed by atoms with Crippen molar-refractivity contribution in [3.8, 4) is 5.75 Å². The summed E-state index contributed by atoms with van der Waals surface area (Å²) in [6.07, 6.45) is 1.45. The Morgan fingerprint density at radius 2 is 1.74 bits per heavy atom. The van der Waals surface area contributed by atoms with E-state index in [1.165, 1.54) is 13.2 Å². The zero-order valence-corrected chi connectivity index (χ0v) is 15.4. The van der Waals surface area contributed by atoms with Gasteiger partial charge in [-0.3, -0.25) is 14.9 Å². The Kier molecular flexibility index (Phi) is 5.07. The topological polar surface area (TPSA) is 75.7 Å². The van der Waals surface area contributed by atoms with Crippen LogP contribution in [0.15, 0.2) is 54.1 Å². The summed E-state index contributed by atoms with van der Waals surface area (Å²) >= 11 is 0. The van der Waals surface area contributed by atoms with Crippen LogP contribution >= 0.6 is 0 Å². The van der Waals surface area contributed by atoms with Gasteiger partial charge in [0.1, 0.15) is 11.3 Å². The average Bonchev–Trinajstić information content (AvgIpc) is 2.65. The molecule has 27 heavy (non-hydrogen) atoms. The highest BCUT2D eigenvalue weighted by Gasteiger charge is 2.36. The van der Waals surface area contributed by atoms with Gasteiger partial charge in [0.15, 0.2) is 0 Å². The van der Waals surface area contributed by atoms with E-state index in [0.29, 0.717) is 22.9 Å². The van der Waals surface area contributed by atoms with Crippen molar-refractivity contribution in [2.24, 2.45) is 0 Å². The molecule has 1 heterocycles. The van der Waals surface area contributed by atoms with E-state index in [0.717, 1.165) is 10.5 Å². The lowest BCUT2D eigenvalue weighted by molar-refractivity contribution is -0.122. The lowest BCUT2D eigenvalue weighted by Gasteiger charge is -2.26. The van der Waals surface area contributed by atoms with Gasteiger partial charge >= 0.3 is 6.03 Å². The third-order valence-corrected chi connectivity index (χ3v) is 4.32. The van der Waals surface area contributed by atoms with Crippen LogP contribution in [0.1, 0.15) is 30.9 Å². The molecule has 0 unspecified atom stereocenters. The van der Waals surface area contributed by atoms with E-state index < -0.39 is 17.8 Å². The minimum Gasteiger partial charge on any atom is -0.497 e. The summed E-state index contributed by atoms with van der Waals surface area (Å²) in [5.41, 5.74) is 2.01. The SMILES string of the molecule is COc1cccc(/C=C2\C(=O)NC(=O)N(c3ccc(C(C)C)cc3)C2=O)c1. The molecular formula is C21H20N2O4. The van der Waals surface area contributed by atoms with Gasteiger partial charge in [-0.25, -0.2) is 9.69 Å². The van der Waals surface area contributed by atoms with E-state index in [2.05, 4.69) is 19.2 Å². The van der Waals surface area contributed by atoms with Crippen molar-refractivity contribution in [3.05, 3.63) is 65.2 Å². The van der Waals surface area contributed by atoms with E-state index in [1.54, 1.807) is 36.4 Å². The zero-order chi connectivity index (χ0) is 19.6. The first-order valence-electron chi connectivity index (χ1n) is 8.56. The average molecular weight is 364 g/mol. The summed E-state index contributed by atoms with van der Waals surface area (Å²) in [6.45, 7) is 4.11. The fourth-order valence-electron chi connectivity index (χ4n) is 2.80. The third-order valence-electron chi connectivity index (χ3n) is 4.32. The number of carbonyl (C=O) groups is 3. The Bertz CT molecular complexity index is 929. The molecule has 2 aromatic carbocycles. The summed E-state index contributed by atoms with van der Waals surface area (Å²) in [5, 5.41) is 2.22. The predicted octanol–water partition coefficient (Wildman–Crippen LogP) is 3.49. The Morgan fingerprint density at radius 1 is 1.04 bits per heavy atom. The molecule has 3 rings (SSSR count). The van der Waals surface area contributed by atoms with E-state index in [9.17, 15) is 14.4 Å². The minimum absolute atomic E-state index is 0.115. The molecule has 0 bridgehead atoms. The molecule has 1 saturated heterocycles. The summed E-state index contributed by atoms with van der Waals surface area (Å²) in [5.74, 6) is -0.452. The van der Waals surface area contributed by atoms with E-state index in [1.807, 2.05) is 12.1 Å². The van der Waals surface area contributed by atoms with Crippen molar-refractivity contribution in [1.29, 1.82) is 0 Å². The van der Waals surface area contributed by atoms with Gasteiger partial charge in [-0.1, -0.05) is 38.1 Å². The minimum atomic E-state index is -0.759. The molecule has 0 spiro atoms. The quantitative estimate of drug-likeness (QED) is 0.666. The van der Waals surface area contributed by atoms with Gasteiger partial charge in [-0.2, -0.15) is 0 Å².